The molecule has 1 N–H and O–H groups in total. The molecule has 0 aliphatic rings. The van der Waals surface area contributed by atoms with E-state index in [0.717, 1.165) is 23.0 Å². The quantitative estimate of drug-likeness (QED) is 0.791. The van der Waals surface area contributed by atoms with E-state index in [9.17, 15) is 0 Å². The summed E-state index contributed by atoms with van der Waals surface area (Å²) in [6, 6.07) is 11.8. The van der Waals surface area contributed by atoms with Crippen molar-refractivity contribution < 1.29 is 0 Å². The monoisotopic (exact) mass is 265 g/mol. The van der Waals surface area contributed by atoms with Crippen molar-refractivity contribution in [2.45, 2.75) is 6.92 Å². The smallest absolute Gasteiger partial charge is 0.163 e. The lowest BCUT2D eigenvalue weighted by Gasteiger charge is -2.09. The van der Waals surface area contributed by atoms with Crippen LogP contribution in [-0.2, 0) is 0 Å². The van der Waals surface area contributed by atoms with Gasteiger partial charge in [0, 0.05) is 31.1 Å². The number of nitrogens with zero attached hydrogens (tertiary/aromatic N) is 4. The zero-order chi connectivity index (χ0) is 13.9. The van der Waals surface area contributed by atoms with Crippen LogP contribution in [0, 0.1) is 6.92 Å². The molecule has 0 unspecified atom stereocenters. The van der Waals surface area contributed by atoms with Gasteiger partial charge in [-0.25, -0.2) is 15.0 Å². The molecular weight excluding hydrogens is 250 g/mol. The first-order chi connectivity index (χ1) is 9.78. The Morgan fingerprint density at radius 2 is 1.90 bits per heavy atom. The van der Waals surface area contributed by atoms with Gasteiger partial charge in [0.2, 0.25) is 0 Å². The van der Waals surface area contributed by atoms with Crippen molar-refractivity contribution >= 4 is 5.82 Å². The summed E-state index contributed by atoms with van der Waals surface area (Å²) < 4.78 is 1.94. The Labute approximate surface area is 117 Å². The van der Waals surface area contributed by atoms with E-state index in [-0.39, 0.29) is 0 Å². The molecule has 2 heterocycles. The summed E-state index contributed by atoms with van der Waals surface area (Å²) in [5, 5.41) is 3.07. The Bertz CT molecular complexity index is 718. The third-order valence-corrected chi connectivity index (χ3v) is 3.07. The van der Waals surface area contributed by atoms with Crippen molar-refractivity contribution in [3.05, 3.63) is 54.6 Å². The van der Waals surface area contributed by atoms with E-state index in [0.29, 0.717) is 5.82 Å². The van der Waals surface area contributed by atoms with Crippen LogP contribution in [0.15, 0.2) is 48.8 Å². The van der Waals surface area contributed by atoms with E-state index in [4.69, 9.17) is 0 Å². The number of anilines is 1. The molecular formula is C15H15N5. The van der Waals surface area contributed by atoms with Crippen LogP contribution >= 0.6 is 0 Å². The lowest BCUT2D eigenvalue weighted by molar-refractivity contribution is 0.924. The fraction of sp³-hybridized carbons (Fsp3) is 0.133. The summed E-state index contributed by atoms with van der Waals surface area (Å²) in [6.07, 6.45) is 3.66. The van der Waals surface area contributed by atoms with Gasteiger partial charge >= 0.3 is 0 Å². The number of benzene rings is 1. The number of nitrogens with one attached hydrogen (secondary N) is 1. The van der Waals surface area contributed by atoms with Crippen molar-refractivity contribution in [2.75, 3.05) is 12.4 Å². The maximum Gasteiger partial charge on any atom is 0.163 e. The average molecular weight is 265 g/mol. The minimum atomic E-state index is 0.695. The van der Waals surface area contributed by atoms with E-state index in [2.05, 4.69) is 20.3 Å². The summed E-state index contributed by atoms with van der Waals surface area (Å²) >= 11 is 0. The van der Waals surface area contributed by atoms with Gasteiger partial charge in [-0.3, -0.25) is 4.57 Å². The Hall–Kier alpha value is -2.69. The maximum atomic E-state index is 4.63. The molecule has 0 fully saturated rings. The van der Waals surface area contributed by atoms with Gasteiger partial charge < -0.3 is 5.32 Å². The van der Waals surface area contributed by atoms with Gasteiger partial charge in [0.25, 0.3) is 0 Å². The van der Waals surface area contributed by atoms with Crippen LogP contribution in [0.4, 0.5) is 5.82 Å². The molecule has 0 bridgehead atoms. The Kier molecular flexibility index (Phi) is 3.16. The number of hydrogen-bond acceptors (Lipinski definition) is 4. The van der Waals surface area contributed by atoms with Gasteiger partial charge in [-0.1, -0.05) is 30.3 Å². The van der Waals surface area contributed by atoms with Gasteiger partial charge in [0.15, 0.2) is 5.82 Å². The van der Waals surface area contributed by atoms with Crippen LogP contribution in [0.1, 0.15) is 5.82 Å². The maximum absolute atomic E-state index is 4.63. The molecule has 0 spiro atoms. The van der Waals surface area contributed by atoms with E-state index in [1.807, 2.05) is 61.1 Å². The molecule has 20 heavy (non-hydrogen) atoms. The summed E-state index contributed by atoms with van der Waals surface area (Å²) in [7, 11) is 1.85. The third kappa shape index (κ3) is 2.25. The van der Waals surface area contributed by atoms with Crippen LogP contribution in [-0.4, -0.2) is 26.6 Å². The minimum absolute atomic E-state index is 0.695. The SMILES string of the molecule is CNc1cc(-n2ccnc2C)nc(-c2ccccc2)n1. The average Bonchev–Trinajstić information content (AvgIpc) is 2.94. The highest BCUT2D eigenvalue weighted by Gasteiger charge is 2.08. The van der Waals surface area contributed by atoms with E-state index >= 15 is 0 Å². The van der Waals surface area contributed by atoms with E-state index < -0.39 is 0 Å². The molecule has 1 aromatic carbocycles. The number of aromatic nitrogens is 4. The summed E-state index contributed by atoms with van der Waals surface area (Å²) in [4.78, 5) is 13.4. The second-order valence-electron chi connectivity index (χ2n) is 4.40. The molecule has 2 aromatic heterocycles. The molecule has 0 amide bonds. The molecule has 0 saturated carbocycles. The van der Waals surface area contributed by atoms with Crippen molar-refractivity contribution in [1.82, 2.24) is 19.5 Å². The largest absolute Gasteiger partial charge is 0.373 e. The zero-order valence-electron chi connectivity index (χ0n) is 11.4. The minimum Gasteiger partial charge on any atom is -0.373 e. The van der Waals surface area contributed by atoms with Crippen molar-refractivity contribution in [2.24, 2.45) is 0 Å². The molecule has 3 aromatic rings. The highest BCUT2D eigenvalue weighted by Crippen LogP contribution is 2.19. The second kappa shape index (κ2) is 5.13. The first-order valence-electron chi connectivity index (χ1n) is 6.40. The number of rotatable bonds is 3. The normalized spacial score (nSPS) is 10.5. The standard InChI is InChI=1S/C15H15N5/c1-11-17-8-9-20(11)14-10-13(16-2)18-15(19-14)12-6-4-3-5-7-12/h3-10H,1-2H3,(H,16,18,19). The van der Waals surface area contributed by atoms with Crippen LogP contribution in [0.25, 0.3) is 17.2 Å². The lowest BCUT2D eigenvalue weighted by Crippen LogP contribution is -2.04. The summed E-state index contributed by atoms with van der Waals surface area (Å²) in [5.41, 5.74) is 0.989. The predicted octanol–water partition coefficient (Wildman–Crippen LogP) is 2.68. The number of aryl methyl sites for hydroxylation is 1. The third-order valence-electron chi connectivity index (χ3n) is 3.07. The fourth-order valence-corrected chi connectivity index (χ4v) is 2.02. The molecule has 0 saturated heterocycles. The van der Waals surface area contributed by atoms with Gasteiger partial charge in [-0.2, -0.15) is 0 Å². The predicted molar refractivity (Wildman–Crippen MR) is 78.9 cm³/mol. The molecule has 5 nitrogen and oxygen atoms in total. The highest BCUT2D eigenvalue weighted by molar-refractivity contribution is 5.59. The molecule has 0 aliphatic heterocycles. The molecule has 3 rings (SSSR count). The van der Waals surface area contributed by atoms with E-state index in [1.165, 1.54) is 0 Å². The first kappa shape index (κ1) is 12.3. The summed E-state index contributed by atoms with van der Waals surface area (Å²) in [5.74, 6) is 3.17. The van der Waals surface area contributed by atoms with E-state index in [1.54, 1.807) is 6.20 Å². The fourth-order valence-electron chi connectivity index (χ4n) is 2.02. The zero-order valence-corrected chi connectivity index (χ0v) is 11.4. The van der Waals surface area contributed by atoms with Gasteiger partial charge in [-0.05, 0) is 6.92 Å². The van der Waals surface area contributed by atoms with Crippen LogP contribution < -0.4 is 5.32 Å². The number of hydrogen-bond donors (Lipinski definition) is 1. The Morgan fingerprint density at radius 1 is 1.10 bits per heavy atom. The second-order valence-corrected chi connectivity index (χ2v) is 4.40. The molecule has 0 aliphatic carbocycles. The van der Waals surface area contributed by atoms with Gasteiger partial charge in [0.05, 0.1) is 0 Å². The molecule has 0 atom stereocenters. The Morgan fingerprint density at radius 3 is 2.55 bits per heavy atom. The lowest BCUT2D eigenvalue weighted by atomic mass is 10.2. The highest BCUT2D eigenvalue weighted by atomic mass is 15.1. The van der Waals surface area contributed by atoms with Crippen molar-refractivity contribution in [1.29, 1.82) is 0 Å². The van der Waals surface area contributed by atoms with Crippen LogP contribution in [0.5, 0.6) is 0 Å². The van der Waals surface area contributed by atoms with Crippen molar-refractivity contribution in [3.8, 4) is 17.2 Å². The Balaban J connectivity index is 2.15. The van der Waals surface area contributed by atoms with Gasteiger partial charge in [0.1, 0.15) is 17.5 Å². The molecule has 0 radical (unpaired) electrons. The molecule has 100 valence electrons. The van der Waals surface area contributed by atoms with Crippen LogP contribution in [0.2, 0.25) is 0 Å². The first-order valence-corrected chi connectivity index (χ1v) is 6.40. The number of imidazole rings is 1. The van der Waals surface area contributed by atoms with Crippen molar-refractivity contribution in [3.63, 3.8) is 0 Å². The summed E-state index contributed by atoms with van der Waals surface area (Å²) in [6.45, 7) is 1.95. The molecule has 5 heteroatoms. The topological polar surface area (TPSA) is 55.6 Å². The van der Waals surface area contributed by atoms with Crippen LogP contribution in [0.3, 0.4) is 0 Å². The van der Waals surface area contributed by atoms with Gasteiger partial charge in [-0.15, -0.1) is 0 Å².